The van der Waals surface area contributed by atoms with Gasteiger partial charge in [-0.1, -0.05) is 42.4 Å². The maximum absolute atomic E-state index is 10.4. The van der Waals surface area contributed by atoms with Crippen LogP contribution in [0.15, 0.2) is 5.16 Å². The van der Waals surface area contributed by atoms with Crippen molar-refractivity contribution in [3.63, 3.8) is 0 Å². The third-order valence-electron chi connectivity index (χ3n) is 4.14. The molecule has 2 aromatic rings. The maximum Gasteiger partial charge on any atom is 0.191 e. The minimum atomic E-state index is -1.01. The number of aromatic nitrogens is 5. The molecule has 1 fully saturated rings. The summed E-state index contributed by atoms with van der Waals surface area (Å²) >= 11 is 7.71. The van der Waals surface area contributed by atoms with Gasteiger partial charge in [0.15, 0.2) is 21.5 Å². The van der Waals surface area contributed by atoms with E-state index in [9.17, 15) is 10.2 Å². The van der Waals surface area contributed by atoms with Crippen molar-refractivity contribution in [2.75, 3.05) is 12.4 Å². The highest BCUT2D eigenvalue weighted by molar-refractivity contribution is 7.99. The van der Waals surface area contributed by atoms with Gasteiger partial charge in [-0.15, -0.1) is 5.10 Å². The molecule has 0 unspecified atom stereocenters. The van der Waals surface area contributed by atoms with Crippen LogP contribution in [0.25, 0.3) is 11.2 Å². The van der Waals surface area contributed by atoms with Crippen LogP contribution >= 0.6 is 23.4 Å². The van der Waals surface area contributed by atoms with E-state index in [4.69, 9.17) is 16.3 Å². The van der Waals surface area contributed by atoms with Crippen LogP contribution < -0.4 is 0 Å². The summed E-state index contributed by atoms with van der Waals surface area (Å²) < 4.78 is 7.17. The van der Waals surface area contributed by atoms with Gasteiger partial charge in [0.05, 0.1) is 12.1 Å². The average Bonchev–Trinajstić information content (AvgIpc) is 3.14. The van der Waals surface area contributed by atoms with Crippen molar-refractivity contribution in [1.82, 2.24) is 25.0 Å². The molecule has 0 spiro atoms. The second-order valence-electron chi connectivity index (χ2n) is 6.05. The van der Waals surface area contributed by atoms with Gasteiger partial charge in [0, 0.05) is 18.8 Å². The predicted octanol–water partition coefficient (Wildman–Crippen LogP) is 1.84. The fourth-order valence-corrected chi connectivity index (χ4v) is 3.85. The Hall–Kier alpha value is -1.00. The van der Waals surface area contributed by atoms with Gasteiger partial charge in [-0.25, -0.2) is 14.6 Å². The van der Waals surface area contributed by atoms with E-state index in [-0.39, 0.29) is 5.15 Å². The lowest BCUT2D eigenvalue weighted by molar-refractivity contribution is -0.0564. The van der Waals surface area contributed by atoms with Crippen LogP contribution in [-0.2, 0) is 4.74 Å². The molecule has 0 aliphatic heterocycles. The molecule has 2 N–H and O–H groups in total. The molecule has 8 nitrogen and oxygen atoms in total. The van der Waals surface area contributed by atoms with E-state index >= 15 is 0 Å². The Morgan fingerprint density at radius 1 is 1.24 bits per heavy atom. The molecule has 25 heavy (non-hydrogen) atoms. The van der Waals surface area contributed by atoms with Gasteiger partial charge in [0.25, 0.3) is 0 Å². The zero-order valence-electron chi connectivity index (χ0n) is 14.2. The van der Waals surface area contributed by atoms with Gasteiger partial charge in [0.1, 0.15) is 12.2 Å². The van der Waals surface area contributed by atoms with E-state index in [0.717, 1.165) is 18.6 Å². The Morgan fingerprint density at radius 3 is 2.76 bits per heavy atom. The minimum absolute atomic E-state index is 0.238. The topological polar surface area (TPSA) is 106 Å². The summed E-state index contributed by atoms with van der Waals surface area (Å²) in [6, 6.07) is -0.475. The largest absolute Gasteiger partial charge is 0.388 e. The molecule has 1 aliphatic carbocycles. The molecule has 10 heteroatoms. The van der Waals surface area contributed by atoms with Crippen LogP contribution in [0.4, 0.5) is 0 Å². The summed E-state index contributed by atoms with van der Waals surface area (Å²) in [6.45, 7) is 4.60. The molecular weight excluding hydrogens is 366 g/mol. The summed E-state index contributed by atoms with van der Waals surface area (Å²) in [7, 11) is 0. The molecule has 0 saturated heterocycles. The van der Waals surface area contributed by atoms with Gasteiger partial charge >= 0.3 is 0 Å². The Bertz CT molecular complexity index is 730. The highest BCUT2D eigenvalue weighted by Crippen LogP contribution is 2.35. The van der Waals surface area contributed by atoms with Crippen molar-refractivity contribution in [2.24, 2.45) is 0 Å². The van der Waals surface area contributed by atoms with Crippen molar-refractivity contribution in [1.29, 1.82) is 0 Å². The molecule has 2 heterocycles. The quantitative estimate of drug-likeness (QED) is 0.421. The summed E-state index contributed by atoms with van der Waals surface area (Å²) in [5.41, 5.74) is 0.855. The van der Waals surface area contributed by atoms with E-state index in [0.29, 0.717) is 29.3 Å². The lowest BCUT2D eigenvalue weighted by Crippen LogP contribution is -2.33. The first-order valence-corrected chi connectivity index (χ1v) is 9.82. The fraction of sp³-hybridized carbons (Fsp3) is 0.733. The second kappa shape index (κ2) is 8.13. The fourth-order valence-electron chi connectivity index (χ4n) is 2.90. The SMILES string of the molecule is CCCO[C@H]1C[C@@H](n2nnc3c(Cl)nc(SCCC)nc32)[C@H](O)[C@@H]1O. The van der Waals surface area contributed by atoms with Crippen molar-refractivity contribution < 1.29 is 14.9 Å². The van der Waals surface area contributed by atoms with Crippen LogP contribution in [0.5, 0.6) is 0 Å². The molecule has 0 bridgehead atoms. The molecule has 1 aliphatic rings. The predicted molar refractivity (Wildman–Crippen MR) is 94.8 cm³/mol. The summed E-state index contributed by atoms with van der Waals surface area (Å²) in [5, 5.41) is 29.6. The molecule has 3 rings (SSSR count). The second-order valence-corrected chi connectivity index (χ2v) is 7.47. The van der Waals surface area contributed by atoms with Crippen LogP contribution in [0.1, 0.15) is 39.2 Å². The highest BCUT2D eigenvalue weighted by Gasteiger charge is 2.44. The summed E-state index contributed by atoms with van der Waals surface area (Å²) in [4.78, 5) is 8.73. The Morgan fingerprint density at radius 2 is 2.04 bits per heavy atom. The van der Waals surface area contributed by atoms with E-state index in [1.165, 1.54) is 16.4 Å². The Kier molecular flexibility index (Phi) is 6.11. The lowest BCUT2D eigenvalue weighted by atomic mass is 10.2. The first-order valence-electron chi connectivity index (χ1n) is 8.45. The number of fused-ring (bicyclic) bond motifs is 1. The van der Waals surface area contributed by atoms with Crippen LogP contribution in [0, 0.1) is 0 Å². The molecule has 0 radical (unpaired) electrons. The molecule has 0 aromatic carbocycles. The summed E-state index contributed by atoms with van der Waals surface area (Å²) in [5.74, 6) is 0.876. The number of aliphatic hydroxyl groups excluding tert-OH is 2. The first kappa shape index (κ1) is 18.8. The minimum Gasteiger partial charge on any atom is -0.388 e. The van der Waals surface area contributed by atoms with Crippen LogP contribution in [0.3, 0.4) is 0 Å². The number of ether oxygens (including phenoxy) is 1. The lowest BCUT2D eigenvalue weighted by Gasteiger charge is -2.17. The average molecular weight is 388 g/mol. The van der Waals surface area contributed by atoms with E-state index in [2.05, 4.69) is 27.2 Å². The molecule has 0 amide bonds. The number of nitrogens with zero attached hydrogens (tertiary/aromatic N) is 5. The van der Waals surface area contributed by atoms with Gasteiger partial charge < -0.3 is 14.9 Å². The number of hydrogen-bond acceptors (Lipinski definition) is 8. The van der Waals surface area contributed by atoms with E-state index < -0.39 is 24.4 Å². The van der Waals surface area contributed by atoms with Crippen LogP contribution in [0.2, 0.25) is 5.15 Å². The molecule has 1 saturated carbocycles. The maximum atomic E-state index is 10.4. The monoisotopic (exact) mass is 387 g/mol. The third kappa shape index (κ3) is 3.75. The number of aliphatic hydroxyl groups is 2. The number of halogens is 1. The number of rotatable bonds is 7. The molecule has 4 atom stereocenters. The van der Waals surface area contributed by atoms with Crippen molar-refractivity contribution >= 4 is 34.5 Å². The zero-order valence-corrected chi connectivity index (χ0v) is 15.7. The first-order chi connectivity index (χ1) is 12.1. The van der Waals surface area contributed by atoms with E-state index in [1.54, 1.807) is 0 Å². The normalized spacial score (nSPS) is 26.6. The van der Waals surface area contributed by atoms with Gasteiger partial charge in [-0.05, 0) is 12.8 Å². The Balaban J connectivity index is 1.91. The highest BCUT2D eigenvalue weighted by atomic mass is 35.5. The zero-order chi connectivity index (χ0) is 18.0. The van der Waals surface area contributed by atoms with Crippen molar-refractivity contribution in [3.05, 3.63) is 5.15 Å². The summed E-state index contributed by atoms with van der Waals surface area (Å²) in [6.07, 6.45) is -0.151. The van der Waals surface area contributed by atoms with Crippen molar-refractivity contribution in [2.45, 2.75) is 62.6 Å². The molecule has 2 aromatic heterocycles. The molecule has 138 valence electrons. The van der Waals surface area contributed by atoms with Crippen LogP contribution in [-0.4, -0.2) is 65.8 Å². The van der Waals surface area contributed by atoms with Gasteiger partial charge in [0.2, 0.25) is 0 Å². The molecular formula is C15H22ClN5O3S. The Labute approximate surface area is 154 Å². The smallest absolute Gasteiger partial charge is 0.191 e. The number of hydrogen-bond donors (Lipinski definition) is 2. The third-order valence-corrected chi connectivity index (χ3v) is 5.46. The van der Waals surface area contributed by atoms with Crippen molar-refractivity contribution in [3.8, 4) is 0 Å². The number of thioether (sulfide) groups is 1. The van der Waals surface area contributed by atoms with Gasteiger partial charge in [-0.3, -0.25) is 0 Å². The standard InChI is InChI=1S/C15H22ClN5O3S/c1-3-5-24-9-7-8(11(22)12(9)23)21-14-10(19-20-21)13(16)17-15(18-14)25-6-4-2/h8-9,11-12,22-23H,3-7H2,1-2H3/t8-,9+,11+,12-/m1/s1. The van der Waals surface area contributed by atoms with E-state index in [1.807, 2.05) is 6.92 Å². The van der Waals surface area contributed by atoms with Gasteiger partial charge in [-0.2, -0.15) is 0 Å².